The fraction of sp³-hybridized carbons (Fsp3) is 0.167. The van der Waals surface area contributed by atoms with Crippen molar-refractivity contribution < 1.29 is 9.84 Å². The molecule has 3 nitrogen and oxygen atoms in total. The molecule has 1 heterocycles. The van der Waals surface area contributed by atoms with Crippen LogP contribution in [0.4, 0.5) is 0 Å². The first-order valence-electron chi connectivity index (χ1n) is 4.99. The SMILES string of the molecule is COc1cc([C@H](N)c2cccs2)cc(Cl)c1O. The lowest BCUT2D eigenvalue weighted by atomic mass is 10.1. The highest BCUT2D eigenvalue weighted by atomic mass is 35.5. The van der Waals surface area contributed by atoms with Gasteiger partial charge in [-0.1, -0.05) is 17.7 Å². The van der Waals surface area contributed by atoms with Crippen LogP contribution in [0.15, 0.2) is 29.6 Å². The summed E-state index contributed by atoms with van der Waals surface area (Å²) in [6.07, 6.45) is 0. The van der Waals surface area contributed by atoms with E-state index in [4.69, 9.17) is 22.1 Å². The van der Waals surface area contributed by atoms with Gasteiger partial charge < -0.3 is 15.6 Å². The fourth-order valence-electron chi connectivity index (χ4n) is 1.56. The van der Waals surface area contributed by atoms with Gasteiger partial charge in [-0.2, -0.15) is 0 Å². The molecule has 0 saturated carbocycles. The molecule has 0 aliphatic heterocycles. The standard InChI is InChI=1S/C12H12ClNO2S/c1-16-9-6-7(5-8(13)12(9)15)11(14)10-3-2-4-17-10/h2-6,11,15H,14H2,1H3/t11-/m0/s1. The molecular weight excluding hydrogens is 258 g/mol. The molecule has 1 aromatic carbocycles. The molecule has 2 rings (SSSR count). The van der Waals surface area contributed by atoms with E-state index >= 15 is 0 Å². The van der Waals surface area contributed by atoms with Crippen LogP contribution in [0.5, 0.6) is 11.5 Å². The summed E-state index contributed by atoms with van der Waals surface area (Å²) in [6.45, 7) is 0. The Kier molecular flexibility index (Phi) is 3.57. The summed E-state index contributed by atoms with van der Waals surface area (Å²) >= 11 is 7.50. The van der Waals surface area contributed by atoms with Crippen LogP contribution in [0, 0.1) is 0 Å². The molecule has 0 unspecified atom stereocenters. The number of hydrogen-bond acceptors (Lipinski definition) is 4. The second-order valence-corrected chi connectivity index (χ2v) is 4.93. The molecule has 0 saturated heterocycles. The van der Waals surface area contributed by atoms with E-state index < -0.39 is 0 Å². The first-order valence-corrected chi connectivity index (χ1v) is 6.24. The van der Waals surface area contributed by atoms with Crippen LogP contribution in [0.2, 0.25) is 5.02 Å². The Hall–Kier alpha value is -1.23. The highest BCUT2D eigenvalue weighted by Crippen LogP contribution is 2.37. The van der Waals surface area contributed by atoms with E-state index in [-0.39, 0.29) is 16.8 Å². The Morgan fingerprint density at radius 2 is 2.24 bits per heavy atom. The number of halogens is 1. The van der Waals surface area contributed by atoms with Gasteiger partial charge in [-0.25, -0.2) is 0 Å². The second-order valence-electron chi connectivity index (χ2n) is 3.55. The number of benzene rings is 1. The van der Waals surface area contributed by atoms with Crippen molar-refractivity contribution in [1.82, 2.24) is 0 Å². The molecule has 0 bridgehead atoms. The van der Waals surface area contributed by atoms with E-state index in [0.29, 0.717) is 5.75 Å². The van der Waals surface area contributed by atoms with Crippen LogP contribution in [-0.4, -0.2) is 12.2 Å². The van der Waals surface area contributed by atoms with Gasteiger partial charge in [0.25, 0.3) is 0 Å². The van der Waals surface area contributed by atoms with Crippen LogP contribution >= 0.6 is 22.9 Å². The molecule has 1 aromatic heterocycles. The number of thiophene rings is 1. The maximum absolute atomic E-state index is 9.64. The van der Waals surface area contributed by atoms with E-state index in [2.05, 4.69) is 0 Å². The summed E-state index contributed by atoms with van der Waals surface area (Å²) in [6, 6.07) is 7.00. The Labute approximate surface area is 108 Å². The number of aromatic hydroxyl groups is 1. The summed E-state index contributed by atoms with van der Waals surface area (Å²) in [4.78, 5) is 1.04. The number of methoxy groups -OCH3 is 1. The molecule has 1 atom stereocenters. The number of nitrogens with two attached hydrogens (primary N) is 1. The molecule has 0 aliphatic rings. The average Bonchev–Trinajstić information content (AvgIpc) is 2.85. The normalized spacial score (nSPS) is 12.4. The lowest BCUT2D eigenvalue weighted by Crippen LogP contribution is -2.10. The van der Waals surface area contributed by atoms with Crippen molar-refractivity contribution in [2.24, 2.45) is 5.73 Å². The lowest BCUT2D eigenvalue weighted by molar-refractivity contribution is 0.373. The molecule has 17 heavy (non-hydrogen) atoms. The van der Waals surface area contributed by atoms with Gasteiger partial charge in [0, 0.05) is 4.88 Å². The summed E-state index contributed by atoms with van der Waals surface area (Å²) in [5.74, 6) is 0.274. The summed E-state index contributed by atoms with van der Waals surface area (Å²) in [7, 11) is 1.48. The quantitative estimate of drug-likeness (QED) is 0.900. The van der Waals surface area contributed by atoms with E-state index in [0.717, 1.165) is 10.4 Å². The summed E-state index contributed by atoms with van der Waals surface area (Å²) in [5, 5.41) is 11.8. The number of rotatable bonds is 3. The van der Waals surface area contributed by atoms with Crippen LogP contribution in [0.3, 0.4) is 0 Å². The van der Waals surface area contributed by atoms with Crippen molar-refractivity contribution in [3.8, 4) is 11.5 Å². The maximum atomic E-state index is 9.64. The monoisotopic (exact) mass is 269 g/mol. The first-order chi connectivity index (χ1) is 8.13. The molecule has 0 radical (unpaired) electrons. The predicted molar refractivity (Wildman–Crippen MR) is 70.0 cm³/mol. The Morgan fingerprint density at radius 1 is 1.47 bits per heavy atom. The highest BCUT2D eigenvalue weighted by Gasteiger charge is 2.15. The van der Waals surface area contributed by atoms with Gasteiger partial charge in [0.05, 0.1) is 18.2 Å². The van der Waals surface area contributed by atoms with E-state index in [1.54, 1.807) is 23.5 Å². The molecule has 0 amide bonds. The maximum Gasteiger partial charge on any atom is 0.176 e. The minimum absolute atomic E-state index is 0.0590. The van der Waals surface area contributed by atoms with E-state index in [1.807, 2.05) is 17.5 Å². The minimum Gasteiger partial charge on any atom is -0.503 e. The predicted octanol–water partition coefficient (Wildman–Crippen LogP) is 3.16. The van der Waals surface area contributed by atoms with Gasteiger partial charge in [0.15, 0.2) is 11.5 Å². The van der Waals surface area contributed by atoms with Crippen LogP contribution in [-0.2, 0) is 0 Å². The van der Waals surface area contributed by atoms with Gasteiger partial charge in [-0.15, -0.1) is 11.3 Å². The van der Waals surface area contributed by atoms with Crippen LogP contribution in [0.1, 0.15) is 16.5 Å². The largest absolute Gasteiger partial charge is 0.503 e. The molecule has 5 heteroatoms. The number of ether oxygens (including phenoxy) is 1. The molecule has 3 N–H and O–H groups in total. The van der Waals surface area contributed by atoms with Crippen molar-refractivity contribution in [3.63, 3.8) is 0 Å². The van der Waals surface area contributed by atoms with Gasteiger partial charge in [-0.3, -0.25) is 0 Å². The van der Waals surface area contributed by atoms with Crippen LogP contribution in [0.25, 0.3) is 0 Å². The van der Waals surface area contributed by atoms with Gasteiger partial charge in [0.2, 0.25) is 0 Å². The third-order valence-corrected chi connectivity index (χ3v) is 3.72. The zero-order chi connectivity index (χ0) is 12.4. The zero-order valence-corrected chi connectivity index (χ0v) is 10.8. The Balaban J connectivity index is 2.43. The molecule has 2 aromatic rings. The molecule has 0 spiro atoms. The van der Waals surface area contributed by atoms with Gasteiger partial charge in [-0.05, 0) is 29.1 Å². The highest BCUT2D eigenvalue weighted by molar-refractivity contribution is 7.10. The zero-order valence-electron chi connectivity index (χ0n) is 9.18. The number of phenolic OH excluding ortho intramolecular Hbond substituents is 1. The fourth-order valence-corrected chi connectivity index (χ4v) is 2.53. The lowest BCUT2D eigenvalue weighted by Gasteiger charge is -2.13. The molecular formula is C12H12ClNO2S. The molecule has 0 aliphatic carbocycles. The van der Waals surface area contributed by atoms with Crippen molar-refractivity contribution in [3.05, 3.63) is 45.1 Å². The Bertz CT molecular complexity index is 513. The Morgan fingerprint density at radius 3 is 2.82 bits per heavy atom. The topological polar surface area (TPSA) is 55.5 Å². The third kappa shape index (κ3) is 2.39. The van der Waals surface area contributed by atoms with Gasteiger partial charge >= 0.3 is 0 Å². The van der Waals surface area contributed by atoms with Gasteiger partial charge in [0.1, 0.15) is 0 Å². The molecule has 90 valence electrons. The van der Waals surface area contributed by atoms with Crippen molar-refractivity contribution in [2.45, 2.75) is 6.04 Å². The second kappa shape index (κ2) is 4.96. The number of phenols is 1. The van der Waals surface area contributed by atoms with Crippen LogP contribution < -0.4 is 10.5 Å². The van der Waals surface area contributed by atoms with Crippen molar-refractivity contribution in [2.75, 3.05) is 7.11 Å². The average molecular weight is 270 g/mol. The molecule has 0 fully saturated rings. The van der Waals surface area contributed by atoms with E-state index in [9.17, 15) is 5.11 Å². The van der Waals surface area contributed by atoms with Crippen molar-refractivity contribution >= 4 is 22.9 Å². The minimum atomic E-state index is -0.262. The smallest absolute Gasteiger partial charge is 0.176 e. The summed E-state index contributed by atoms with van der Waals surface area (Å²) in [5.41, 5.74) is 6.93. The third-order valence-electron chi connectivity index (χ3n) is 2.48. The van der Waals surface area contributed by atoms with E-state index in [1.165, 1.54) is 7.11 Å². The number of hydrogen-bond donors (Lipinski definition) is 2. The van der Waals surface area contributed by atoms with Crippen molar-refractivity contribution in [1.29, 1.82) is 0 Å². The summed E-state index contributed by atoms with van der Waals surface area (Å²) < 4.78 is 5.05. The first kappa shape index (κ1) is 12.2.